The second kappa shape index (κ2) is 18.4. The van der Waals surface area contributed by atoms with Crippen molar-refractivity contribution in [2.75, 3.05) is 25.3 Å². The Morgan fingerprint density at radius 1 is 0.934 bits per heavy atom. The maximum absolute atomic E-state index is 14.1. The van der Waals surface area contributed by atoms with Gasteiger partial charge in [-0.2, -0.15) is 0 Å². The van der Waals surface area contributed by atoms with Gasteiger partial charge in [0.15, 0.2) is 16.6 Å². The standard InChI is InChI=1S/C45H37BrN6O7S2/c1-56-33-21-18-28(19-22-33)25-58-43(55)39-29(20-23-34-24-36(46)50-59-34)26-60-42-38(41(54)52(39)42)48-40(53)37(51-57-2)35-27-61-44(47-35)49-45(30-12-6-3-7-13-30,31-14-8-4-9-15-31)32-16-10-5-11-17-32/h3-24,27,38,42H,25-26H2,1-2H3,(H,47,49)(H,48,53)/b23-20-,51-37-/t38-,42-/m1/s1. The molecule has 2 N–H and O–H groups in total. The number of benzene rings is 4. The zero-order valence-electron chi connectivity index (χ0n) is 32.7. The van der Waals surface area contributed by atoms with Crippen LogP contribution in [-0.4, -0.2) is 69.9 Å². The Bertz CT molecular complexity index is 2520. The summed E-state index contributed by atoms with van der Waals surface area (Å²) in [4.78, 5) is 53.2. The number of amides is 2. The minimum atomic E-state index is -0.988. The Hall–Kier alpha value is -6.49. The molecule has 0 bridgehead atoms. The molecular weight excluding hydrogens is 881 g/mol. The number of anilines is 1. The molecule has 4 heterocycles. The summed E-state index contributed by atoms with van der Waals surface area (Å²) < 4.78 is 16.8. The predicted molar refractivity (Wildman–Crippen MR) is 237 cm³/mol. The average molecular weight is 918 g/mol. The number of rotatable bonds is 15. The first kappa shape index (κ1) is 41.3. The Morgan fingerprint density at radius 3 is 2.15 bits per heavy atom. The molecule has 0 radical (unpaired) electrons. The number of thioether (sulfide) groups is 1. The van der Waals surface area contributed by atoms with Gasteiger partial charge in [-0.25, -0.2) is 9.78 Å². The van der Waals surface area contributed by atoms with E-state index in [2.05, 4.69) is 73.3 Å². The first-order valence-electron chi connectivity index (χ1n) is 18.9. The smallest absolute Gasteiger partial charge is 0.355 e. The molecule has 2 atom stereocenters. The molecule has 4 aromatic carbocycles. The maximum Gasteiger partial charge on any atom is 0.355 e. The molecule has 308 valence electrons. The van der Waals surface area contributed by atoms with Crippen LogP contribution in [0.3, 0.4) is 0 Å². The lowest BCUT2D eigenvalue weighted by atomic mass is 9.77. The fourth-order valence-electron chi connectivity index (χ4n) is 7.11. The Morgan fingerprint density at radius 2 is 1.57 bits per heavy atom. The molecule has 2 aliphatic rings. The molecule has 6 aromatic rings. The zero-order valence-corrected chi connectivity index (χ0v) is 35.9. The van der Waals surface area contributed by atoms with Crippen molar-refractivity contribution in [3.8, 4) is 5.75 Å². The van der Waals surface area contributed by atoms with Crippen LogP contribution in [0.2, 0.25) is 0 Å². The number of hydrogen-bond acceptors (Lipinski definition) is 13. The largest absolute Gasteiger partial charge is 0.497 e. The number of halogens is 1. The van der Waals surface area contributed by atoms with Crippen LogP contribution in [0.15, 0.2) is 158 Å². The van der Waals surface area contributed by atoms with Gasteiger partial charge >= 0.3 is 5.97 Å². The van der Waals surface area contributed by atoms with Crippen LogP contribution in [0.5, 0.6) is 5.75 Å². The summed E-state index contributed by atoms with van der Waals surface area (Å²) in [6, 6.07) is 38.0. The van der Waals surface area contributed by atoms with E-state index in [9.17, 15) is 14.4 Å². The van der Waals surface area contributed by atoms with E-state index in [-0.39, 0.29) is 23.7 Å². The highest BCUT2D eigenvalue weighted by molar-refractivity contribution is 9.10. The number of oxime groups is 1. The van der Waals surface area contributed by atoms with E-state index in [1.165, 1.54) is 35.1 Å². The van der Waals surface area contributed by atoms with Gasteiger partial charge in [0.2, 0.25) is 0 Å². The number of nitrogens with one attached hydrogen (secondary N) is 2. The number of thiazole rings is 1. The summed E-state index contributed by atoms with van der Waals surface area (Å²) in [6.45, 7) is -0.0388. The summed E-state index contributed by atoms with van der Waals surface area (Å²) in [6.07, 6.45) is 3.35. The van der Waals surface area contributed by atoms with Crippen molar-refractivity contribution < 1.29 is 33.2 Å². The topological polar surface area (TPSA) is 157 Å². The molecule has 61 heavy (non-hydrogen) atoms. The van der Waals surface area contributed by atoms with E-state index in [0.717, 1.165) is 22.3 Å². The van der Waals surface area contributed by atoms with Crippen molar-refractivity contribution in [2.24, 2.45) is 5.16 Å². The average Bonchev–Trinajstić information content (AvgIpc) is 3.96. The highest BCUT2D eigenvalue weighted by atomic mass is 79.9. The van der Waals surface area contributed by atoms with Gasteiger partial charge in [-0.3, -0.25) is 14.5 Å². The van der Waals surface area contributed by atoms with Crippen molar-refractivity contribution in [1.29, 1.82) is 0 Å². The predicted octanol–water partition coefficient (Wildman–Crippen LogP) is 7.77. The lowest BCUT2D eigenvalue weighted by Gasteiger charge is -2.49. The summed E-state index contributed by atoms with van der Waals surface area (Å²) in [5.74, 6) is -0.435. The molecule has 2 amide bonds. The molecule has 0 unspecified atom stereocenters. The second-order valence-corrected chi connectivity index (χ2v) is 16.5. The van der Waals surface area contributed by atoms with E-state index in [1.54, 1.807) is 55.0 Å². The van der Waals surface area contributed by atoms with E-state index in [4.69, 9.17) is 23.8 Å². The van der Waals surface area contributed by atoms with Gasteiger partial charge in [-0.15, -0.1) is 23.1 Å². The SMILES string of the molecule is CO/N=C(\C(=O)N[C@@H]1C(=O)N2C(C(=O)OCc3ccc(OC)cc3)=C(/C=C\c3cc(Br)no3)CS[C@H]12)c1csc(NC(c2ccccc2)(c2ccccc2)c2ccccc2)n1. The molecule has 2 aromatic heterocycles. The van der Waals surface area contributed by atoms with Crippen molar-refractivity contribution in [2.45, 2.75) is 23.6 Å². The molecule has 0 spiro atoms. The maximum atomic E-state index is 14.1. The van der Waals surface area contributed by atoms with Crippen LogP contribution in [0.1, 0.15) is 33.7 Å². The molecule has 16 heteroatoms. The summed E-state index contributed by atoms with van der Waals surface area (Å²) >= 11 is 5.96. The quantitative estimate of drug-likeness (QED) is 0.0341. The fourth-order valence-corrected chi connectivity index (χ4v) is 9.48. The third-order valence-electron chi connectivity index (χ3n) is 10.0. The van der Waals surface area contributed by atoms with Crippen molar-refractivity contribution in [3.63, 3.8) is 0 Å². The summed E-state index contributed by atoms with van der Waals surface area (Å²) in [5.41, 5.74) is 3.53. The monoisotopic (exact) mass is 916 g/mol. The third kappa shape index (κ3) is 8.60. The number of hydrogen-bond donors (Lipinski definition) is 2. The number of aromatic nitrogens is 2. The van der Waals surface area contributed by atoms with E-state index >= 15 is 0 Å². The second-order valence-electron chi connectivity index (χ2n) is 13.7. The van der Waals surface area contributed by atoms with Gasteiger partial charge in [0.1, 0.15) is 52.4 Å². The minimum absolute atomic E-state index is 0.0388. The molecule has 13 nitrogen and oxygen atoms in total. The lowest BCUT2D eigenvalue weighted by molar-refractivity contribution is -0.153. The first-order chi connectivity index (χ1) is 29.8. The normalized spacial score (nSPS) is 16.5. The minimum Gasteiger partial charge on any atom is -0.497 e. The van der Waals surface area contributed by atoms with Gasteiger partial charge in [0.25, 0.3) is 11.8 Å². The van der Waals surface area contributed by atoms with E-state index < -0.39 is 34.7 Å². The van der Waals surface area contributed by atoms with Crippen molar-refractivity contribution >= 4 is 73.7 Å². The zero-order chi connectivity index (χ0) is 42.3. The number of ether oxygens (including phenoxy) is 2. The van der Waals surface area contributed by atoms with Crippen LogP contribution in [-0.2, 0) is 36.1 Å². The van der Waals surface area contributed by atoms with Crippen LogP contribution < -0.4 is 15.4 Å². The fraction of sp³-hybridized carbons (Fsp3) is 0.156. The molecule has 8 rings (SSSR count). The number of nitrogens with zero attached hydrogens (tertiary/aromatic N) is 4. The first-order valence-corrected chi connectivity index (χ1v) is 21.6. The van der Waals surface area contributed by atoms with Crippen LogP contribution >= 0.6 is 39.0 Å². The molecule has 0 saturated carbocycles. The lowest BCUT2D eigenvalue weighted by Crippen LogP contribution is -2.71. The summed E-state index contributed by atoms with van der Waals surface area (Å²) in [5, 5.41) is 16.1. The third-order valence-corrected chi connectivity index (χ3v) is 12.4. The van der Waals surface area contributed by atoms with Gasteiger partial charge in [0, 0.05) is 17.2 Å². The molecule has 1 saturated heterocycles. The number of carbonyl (C=O) groups is 3. The van der Waals surface area contributed by atoms with Crippen LogP contribution in [0, 0.1) is 0 Å². The molecule has 1 fully saturated rings. The van der Waals surface area contributed by atoms with Crippen LogP contribution in [0.25, 0.3) is 6.08 Å². The Balaban J connectivity index is 1.04. The van der Waals surface area contributed by atoms with Crippen LogP contribution in [0.4, 0.5) is 5.13 Å². The molecular formula is C45H37BrN6O7S2. The number of methoxy groups -OCH3 is 1. The highest BCUT2D eigenvalue weighted by Crippen LogP contribution is 2.43. The number of fused-ring (bicyclic) bond motifs is 1. The Labute approximate surface area is 367 Å². The van der Waals surface area contributed by atoms with Crippen molar-refractivity contribution in [1.82, 2.24) is 20.4 Å². The Kier molecular flexibility index (Phi) is 12.5. The van der Waals surface area contributed by atoms with Gasteiger partial charge < -0.3 is 29.5 Å². The number of allylic oxidation sites excluding steroid dienone is 1. The van der Waals surface area contributed by atoms with Crippen molar-refractivity contribution in [3.05, 3.63) is 182 Å². The summed E-state index contributed by atoms with van der Waals surface area (Å²) in [7, 11) is 2.90. The van der Waals surface area contributed by atoms with E-state index in [1.807, 2.05) is 54.6 Å². The van der Waals surface area contributed by atoms with Gasteiger partial charge in [0.05, 0.1) is 7.11 Å². The highest BCUT2D eigenvalue weighted by Gasteiger charge is 2.54. The molecule has 2 aliphatic heterocycles. The van der Waals surface area contributed by atoms with Gasteiger partial charge in [-0.1, -0.05) is 120 Å². The van der Waals surface area contributed by atoms with E-state index in [0.29, 0.717) is 32.6 Å². The number of esters is 1. The molecule has 0 aliphatic carbocycles. The van der Waals surface area contributed by atoms with Gasteiger partial charge in [-0.05, 0) is 62.0 Å². The number of carbonyl (C=O) groups excluding carboxylic acids is 3. The number of β-lactam (4-membered cyclic amide) rings is 1.